The number of furan rings is 1. The normalized spacial score (nSPS) is 17.0. The SMILES string of the molecule is O=C1C(=CNCc2ccco2)S(=O)(=O)N(Cc2ccc(F)cc2)c2ccsc21. The summed E-state index contributed by atoms with van der Waals surface area (Å²) in [6.07, 6.45) is 2.72. The molecule has 6 nitrogen and oxygen atoms in total. The van der Waals surface area contributed by atoms with Crippen molar-refractivity contribution in [3.8, 4) is 0 Å². The lowest BCUT2D eigenvalue weighted by molar-refractivity contribution is 0.104. The van der Waals surface area contributed by atoms with Gasteiger partial charge in [0.25, 0.3) is 10.0 Å². The number of Topliss-reactive ketones (excluding diaryl/α,β-unsaturated/α-hetero) is 1. The lowest BCUT2D eigenvalue weighted by Gasteiger charge is -2.29. The predicted octanol–water partition coefficient (Wildman–Crippen LogP) is 3.64. The van der Waals surface area contributed by atoms with E-state index in [2.05, 4.69) is 5.32 Å². The van der Waals surface area contributed by atoms with E-state index in [4.69, 9.17) is 4.42 Å². The molecule has 3 heterocycles. The summed E-state index contributed by atoms with van der Waals surface area (Å²) in [5.41, 5.74) is 0.946. The summed E-state index contributed by atoms with van der Waals surface area (Å²) in [5, 5.41) is 4.51. The lowest BCUT2D eigenvalue weighted by atomic mass is 10.2. The molecule has 1 N–H and O–H groups in total. The molecule has 1 aliphatic rings. The van der Waals surface area contributed by atoms with E-state index in [1.165, 1.54) is 52.4 Å². The van der Waals surface area contributed by atoms with Crippen molar-refractivity contribution in [2.75, 3.05) is 4.31 Å². The highest BCUT2D eigenvalue weighted by molar-refractivity contribution is 7.97. The van der Waals surface area contributed by atoms with Gasteiger partial charge in [0.15, 0.2) is 4.91 Å². The Bertz CT molecular complexity index is 1130. The van der Waals surface area contributed by atoms with Crippen molar-refractivity contribution < 1.29 is 22.0 Å². The number of sulfonamides is 1. The third kappa shape index (κ3) is 3.34. The molecule has 9 heteroatoms. The van der Waals surface area contributed by atoms with E-state index in [0.717, 1.165) is 0 Å². The summed E-state index contributed by atoms with van der Waals surface area (Å²) in [4.78, 5) is 12.8. The second-order valence-electron chi connectivity index (χ2n) is 6.07. The van der Waals surface area contributed by atoms with Crippen LogP contribution in [0.4, 0.5) is 10.1 Å². The molecule has 28 heavy (non-hydrogen) atoms. The molecule has 0 unspecified atom stereocenters. The van der Waals surface area contributed by atoms with Crippen molar-refractivity contribution in [3.63, 3.8) is 0 Å². The van der Waals surface area contributed by atoms with Crippen LogP contribution < -0.4 is 9.62 Å². The van der Waals surface area contributed by atoms with Crippen LogP contribution in [0.15, 0.2) is 69.6 Å². The van der Waals surface area contributed by atoms with Crippen molar-refractivity contribution in [2.45, 2.75) is 13.1 Å². The van der Waals surface area contributed by atoms with Crippen LogP contribution >= 0.6 is 11.3 Å². The number of anilines is 1. The molecule has 3 aromatic rings. The first-order valence-corrected chi connectivity index (χ1v) is 10.6. The maximum Gasteiger partial charge on any atom is 0.270 e. The fourth-order valence-corrected chi connectivity index (χ4v) is 5.38. The minimum atomic E-state index is -4.08. The van der Waals surface area contributed by atoms with Crippen LogP contribution in [0.2, 0.25) is 0 Å². The Hall–Kier alpha value is -2.91. The van der Waals surface area contributed by atoms with Crippen LogP contribution in [0.25, 0.3) is 0 Å². The number of thiophene rings is 1. The number of carbonyl (C=O) groups excluding carboxylic acids is 1. The molecule has 4 rings (SSSR count). The zero-order chi connectivity index (χ0) is 19.7. The second kappa shape index (κ2) is 7.25. The largest absolute Gasteiger partial charge is 0.467 e. The number of nitrogens with zero attached hydrogens (tertiary/aromatic N) is 1. The number of fused-ring (bicyclic) bond motifs is 1. The highest BCUT2D eigenvalue weighted by Crippen LogP contribution is 2.39. The third-order valence-corrected chi connectivity index (χ3v) is 6.91. The van der Waals surface area contributed by atoms with Gasteiger partial charge in [0.2, 0.25) is 5.78 Å². The number of allylic oxidation sites excluding steroid dienone is 1. The molecular weight excluding hydrogens is 403 g/mol. The Morgan fingerprint density at radius 3 is 2.68 bits per heavy atom. The number of hydrogen-bond acceptors (Lipinski definition) is 6. The van der Waals surface area contributed by atoms with E-state index in [0.29, 0.717) is 21.9 Å². The van der Waals surface area contributed by atoms with E-state index in [1.54, 1.807) is 23.6 Å². The van der Waals surface area contributed by atoms with E-state index < -0.39 is 21.6 Å². The summed E-state index contributed by atoms with van der Waals surface area (Å²) >= 11 is 1.18. The standard InChI is InChI=1S/C19H15FN2O4S2/c20-14-5-3-13(4-6-14)12-22-16-7-9-27-19(16)18(23)17(28(22,24)25)11-21-10-15-2-1-8-26-15/h1-9,11,21H,10,12H2. The smallest absolute Gasteiger partial charge is 0.270 e. The van der Waals surface area contributed by atoms with Crippen LogP contribution in [-0.2, 0) is 23.1 Å². The second-order valence-corrected chi connectivity index (χ2v) is 8.82. The molecule has 1 aliphatic heterocycles. The van der Waals surface area contributed by atoms with Gasteiger partial charge in [-0.05, 0) is 41.3 Å². The average molecular weight is 418 g/mol. The molecule has 0 saturated heterocycles. The zero-order valence-corrected chi connectivity index (χ0v) is 16.1. The highest BCUT2D eigenvalue weighted by atomic mass is 32.2. The fourth-order valence-electron chi connectivity index (χ4n) is 2.87. The van der Waals surface area contributed by atoms with Crippen LogP contribution in [0.5, 0.6) is 0 Å². The molecule has 2 aromatic heterocycles. The van der Waals surface area contributed by atoms with Crippen LogP contribution in [0, 0.1) is 5.82 Å². The van der Waals surface area contributed by atoms with Crippen LogP contribution in [0.3, 0.4) is 0 Å². The molecule has 144 valence electrons. The number of carbonyl (C=O) groups is 1. The van der Waals surface area contributed by atoms with Gasteiger partial charge in [-0.25, -0.2) is 12.8 Å². The Labute approximate surface area is 165 Å². The number of nitrogens with one attached hydrogen (secondary N) is 1. The van der Waals surface area contributed by atoms with Crippen LogP contribution in [0.1, 0.15) is 21.0 Å². The van der Waals surface area contributed by atoms with E-state index in [9.17, 15) is 17.6 Å². The minimum absolute atomic E-state index is 0.00481. The summed E-state index contributed by atoms with van der Waals surface area (Å²) < 4.78 is 45.8. The predicted molar refractivity (Wildman–Crippen MR) is 104 cm³/mol. The van der Waals surface area contributed by atoms with Gasteiger partial charge in [0.1, 0.15) is 16.5 Å². The molecule has 0 radical (unpaired) electrons. The van der Waals surface area contributed by atoms with Crippen molar-refractivity contribution in [3.05, 3.63) is 87.2 Å². The highest BCUT2D eigenvalue weighted by Gasteiger charge is 2.41. The maximum atomic E-state index is 13.2. The Morgan fingerprint density at radius 1 is 1.18 bits per heavy atom. The summed E-state index contributed by atoms with van der Waals surface area (Å²) in [6, 6.07) is 10.6. The maximum absolute atomic E-state index is 13.2. The first-order valence-electron chi connectivity index (χ1n) is 8.32. The van der Waals surface area contributed by atoms with Gasteiger partial charge in [0.05, 0.1) is 25.0 Å². The topological polar surface area (TPSA) is 79.6 Å². The van der Waals surface area contributed by atoms with Gasteiger partial charge >= 0.3 is 0 Å². The Balaban J connectivity index is 1.68. The number of benzene rings is 1. The first kappa shape index (κ1) is 18.5. The van der Waals surface area contributed by atoms with Crippen LogP contribution in [-0.4, -0.2) is 14.2 Å². The molecule has 0 spiro atoms. The molecule has 0 atom stereocenters. The summed E-state index contributed by atoms with van der Waals surface area (Å²) in [6.45, 7) is 0.240. The van der Waals surface area contributed by atoms with Gasteiger partial charge in [-0.1, -0.05) is 12.1 Å². The quantitative estimate of drug-likeness (QED) is 0.640. The zero-order valence-electron chi connectivity index (χ0n) is 14.5. The number of hydrogen-bond donors (Lipinski definition) is 1. The average Bonchev–Trinajstić information content (AvgIpc) is 3.35. The van der Waals surface area contributed by atoms with Gasteiger partial charge in [-0.3, -0.25) is 9.10 Å². The van der Waals surface area contributed by atoms with Gasteiger partial charge in [-0.15, -0.1) is 11.3 Å². The van der Waals surface area contributed by atoms with Crippen molar-refractivity contribution >= 4 is 32.8 Å². The monoisotopic (exact) mass is 418 g/mol. The Kier molecular flexibility index (Phi) is 4.78. The minimum Gasteiger partial charge on any atom is -0.467 e. The van der Waals surface area contributed by atoms with Gasteiger partial charge in [-0.2, -0.15) is 0 Å². The number of halogens is 1. The summed E-state index contributed by atoms with van der Waals surface area (Å²) in [7, 11) is -4.08. The summed E-state index contributed by atoms with van der Waals surface area (Å²) in [5.74, 6) is -0.343. The molecule has 0 saturated carbocycles. The molecule has 0 aliphatic carbocycles. The van der Waals surface area contributed by atoms with Crippen molar-refractivity contribution in [1.29, 1.82) is 0 Å². The molecular formula is C19H15FN2O4S2. The van der Waals surface area contributed by atoms with Gasteiger partial charge < -0.3 is 9.73 Å². The van der Waals surface area contributed by atoms with E-state index in [1.807, 2.05) is 0 Å². The van der Waals surface area contributed by atoms with Crippen molar-refractivity contribution in [2.24, 2.45) is 0 Å². The molecule has 1 aromatic carbocycles. The lowest BCUT2D eigenvalue weighted by Crippen LogP contribution is -2.38. The first-order chi connectivity index (χ1) is 13.5. The molecule has 0 amide bonds. The third-order valence-electron chi connectivity index (χ3n) is 4.24. The van der Waals surface area contributed by atoms with Gasteiger partial charge in [0, 0.05) is 6.20 Å². The fraction of sp³-hybridized carbons (Fsp3) is 0.105. The Morgan fingerprint density at radius 2 is 1.96 bits per heavy atom. The number of rotatable bonds is 5. The van der Waals surface area contributed by atoms with E-state index in [-0.39, 0.29) is 18.0 Å². The van der Waals surface area contributed by atoms with E-state index >= 15 is 0 Å². The number of ketones is 1. The molecule has 0 bridgehead atoms. The van der Waals surface area contributed by atoms with Crippen molar-refractivity contribution in [1.82, 2.24) is 5.32 Å². The molecule has 0 fully saturated rings.